The molecule has 0 saturated heterocycles. The van der Waals surface area contributed by atoms with Crippen molar-refractivity contribution in [3.05, 3.63) is 48.8 Å². The van der Waals surface area contributed by atoms with Crippen LogP contribution in [0, 0.1) is 0 Å². The van der Waals surface area contributed by atoms with Gasteiger partial charge in [0, 0.05) is 39.6 Å². The van der Waals surface area contributed by atoms with Crippen LogP contribution in [0.1, 0.15) is 0 Å². The summed E-state index contributed by atoms with van der Waals surface area (Å²) < 4.78 is 0.711. The van der Waals surface area contributed by atoms with Crippen molar-refractivity contribution in [1.82, 2.24) is 0 Å². The number of nitrogen functional groups attached to an aromatic ring is 2. The molecular formula is C23H35N8+. The molecule has 0 amide bonds. The van der Waals surface area contributed by atoms with Crippen LogP contribution in [0.4, 0.5) is 34.1 Å². The van der Waals surface area contributed by atoms with Gasteiger partial charge in [-0.1, -0.05) is 0 Å². The molecule has 0 bridgehead atoms. The van der Waals surface area contributed by atoms with Gasteiger partial charge in [0.05, 0.1) is 42.0 Å². The van der Waals surface area contributed by atoms with Gasteiger partial charge in [0.1, 0.15) is 19.3 Å². The van der Waals surface area contributed by atoms with Gasteiger partial charge in [0.25, 0.3) is 0 Å². The molecule has 1 aliphatic rings. The average Bonchev–Trinajstić information content (AvgIpc) is 3.25. The molecule has 1 aliphatic heterocycles. The minimum absolute atomic E-state index is 0.711. The van der Waals surface area contributed by atoms with Crippen molar-refractivity contribution in [2.75, 3.05) is 86.3 Å². The van der Waals surface area contributed by atoms with Crippen molar-refractivity contribution in [2.45, 2.75) is 0 Å². The van der Waals surface area contributed by atoms with Gasteiger partial charge in [-0.05, 0) is 36.4 Å². The number of hydrogen-bond donors (Lipinski definition) is 4. The zero-order valence-corrected chi connectivity index (χ0v) is 19.0. The van der Waals surface area contributed by atoms with Crippen LogP contribution in [0.5, 0.6) is 0 Å². The predicted octanol–water partition coefficient (Wildman–Crippen LogP) is 2.84. The minimum Gasteiger partial charge on any atom is -0.397 e. The number of aliphatic imine (C=N–C) groups is 1. The predicted molar refractivity (Wildman–Crippen MR) is 135 cm³/mol. The third-order valence-electron chi connectivity index (χ3n) is 5.94. The quantitative estimate of drug-likeness (QED) is 0.347. The number of likely N-dealkylation sites (N-methyl/N-ethyl adjacent to an activating group) is 2. The molecule has 0 aliphatic carbocycles. The zero-order valence-electron chi connectivity index (χ0n) is 19.0. The Morgan fingerprint density at radius 2 is 1.32 bits per heavy atom. The Morgan fingerprint density at radius 3 is 1.68 bits per heavy atom. The van der Waals surface area contributed by atoms with Crippen molar-refractivity contribution in [3.63, 3.8) is 0 Å². The van der Waals surface area contributed by atoms with Crippen LogP contribution in [-0.4, -0.2) is 65.2 Å². The number of nitrogens with zero attached hydrogens (tertiary/aromatic N) is 4. The summed E-state index contributed by atoms with van der Waals surface area (Å²) in [6, 6.07) is 12.2. The number of nitrogens with two attached hydrogens (primary N) is 2. The van der Waals surface area contributed by atoms with Crippen LogP contribution in [0.25, 0.3) is 0 Å². The Kier molecular flexibility index (Phi) is 6.91. The van der Waals surface area contributed by atoms with Crippen LogP contribution in [-0.2, 0) is 0 Å². The van der Waals surface area contributed by atoms with E-state index in [4.69, 9.17) is 11.5 Å². The monoisotopic (exact) mass is 423 g/mol. The second kappa shape index (κ2) is 9.61. The number of nitrogens with one attached hydrogen (secondary N) is 2. The first-order valence-corrected chi connectivity index (χ1v) is 10.5. The first-order chi connectivity index (χ1) is 14.9. The van der Waals surface area contributed by atoms with Crippen LogP contribution in [0.3, 0.4) is 0 Å². The highest BCUT2D eigenvalue weighted by Gasteiger charge is 2.27. The topological polar surface area (TPSA) is 94.9 Å². The molecule has 8 nitrogen and oxygen atoms in total. The van der Waals surface area contributed by atoms with Gasteiger partial charge in [-0.3, -0.25) is 4.48 Å². The Hall–Kier alpha value is -3.39. The number of anilines is 6. The van der Waals surface area contributed by atoms with Crippen molar-refractivity contribution in [1.29, 1.82) is 0 Å². The molecule has 1 heterocycles. The number of benzene rings is 2. The van der Waals surface area contributed by atoms with E-state index in [-0.39, 0.29) is 0 Å². The highest BCUT2D eigenvalue weighted by Crippen LogP contribution is 2.26. The van der Waals surface area contributed by atoms with Gasteiger partial charge in [-0.15, -0.1) is 0 Å². The summed E-state index contributed by atoms with van der Waals surface area (Å²) >= 11 is 0. The molecule has 2 aromatic carbocycles. The molecule has 31 heavy (non-hydrogen) atoms. The summed E-state index contributed by atoms with van der Waals surface area (Å²) in [6.07, 6.45) is 6.08. The van der Waals surface area contributed by atoms with E-state index in [1.54, 1.807) is 0 Å². The SMILES string of the molecule is CNc1ccc(N(C)CC[N+]2(CCN(C)c3ccc(NC)c(N)c3)C=CN=C2)cc1N. The minimum atomic E-state index is 0.711. The van der Waals surface area contributed by atoms with E-state index in [0.29, 0.717) is 4.48 Å². The lowest BCUT2D eigenvalue weighted by Gasteiger charge is -2.32. The molecule has 0 fully saturated rings. The third-order valence-corrected chi connectivity index (χ3v) is 5.94. The Morgan fingerprint density at radius 1 is 0.839 bits per heavy atom. The van der Waals surface area contributed by atoms with Gasteiger partial charge in [0.2, 0.25) is 0 Å². The van der Waals surface area contributed by atoms with Gasteiger partial charge in [-0.2, -0.15) is 0 Å². The van der Waals surface area contributed by atoms with Crippen molar-refractivity contribution >= 4 is 40.5 Å². The van der Waals surface area contributed by atoms with E-state index < -0.39 is 0 Å². The maximum Gasteiger partial charge on any atom is 0.194 e. The molecule has 0 atom stereocenters. The van der Waals surface area contributed by atoms with E-state index in [0.717, 1.165) is 60.3 Å². The Labute approximate surface area is 185 Å². The zero-order chi connectivity index (χ0) is 22.4. The van der Waals surface area contributed by atoms with Crippen LogP contribution in [0.15, 0.2) is 53.8 Å². The molecule has 3 rings (SSSR count). The molecule has 0 spiro atoms. The normalized spacial score (nSPS) is 13.9. The Balaban J connectivity index is 1.62. The second-order valence-corrected chi connectivity index (χ2v) is 8.00. The van der Waals surface area contributed by atoms with Crippen LogP contribution < -0.4 is 31.9 Å². The molecule has 6 N–H and O–H groups in total. The van der Waals surface area contributed by atoms with Gasteiger partial charge in [-0.25, -0.2) is 4.99 Å². The molecule has 0 radical (unpaired) electrons. The molecule has 166 valence electrons. The largest absolute Gasteiger partial charge is 0.397 e. The summed E-state index contributed by atoms with van der Waals surface area (Å²) in [5.74, 6) is 0. The maximum atomic E-state index is 6.14. The average molecular weight is 424 g/mol. The van der Waals surface area contributed by atoms with Gasteiger partial charge < -0.3 is 31.9 Å². The lowest BCUT2D eigenvalue weighted by molar-refractivity contribution is -0.775. The van der Waals surface area contributed by atoms with Crippen LogP contribution in [0.2, 0.25) is 0 Å². The third kappa shape index (κ3) is 5.21. The van der Waals surface area contributed by atoms with Gasteiger partial charge in [0.15, 0.2) is 6.34 Å². The van der Waals surface area contributed by atoms with Crippen LogP contribution >= 0.6 is 0 Å². The lowest BCUT2D eigenvalue weighted by Crippen LogP contribution is -2.48. The van der Waals surface area contributed by atoms with E-state index in [1.165, 1.54) is 0 Å². The smallest absolute Gasteiger partial charge is 0.194 e. The summed E-state index contributed by atoms with van der Waals surface area (Å²) in [5, 5.41) is 6.21. The molecule has 0 saturated carbocycles. The highest BCUT2D eigenvalue weighted by molar-refractivity contribution is 5.72. The van der Waals surface area contributed by atoms with E-state index >= 15 is 0 Å². The lowest BCUT2D eigenvalue weighted by atomic mass is 10.2. The summed E-state index contributed by atoms with van der Waals surface area (Å²) in [7, 11) is 7.95. The first-order valence-electron chi connectivity index (χ1n) is 10.5. The van der Waals surface area contributed by atoms with Crippen molar-refractivity contribution in [2.24, 2.45) is 4.99 Å². The molecular weight excluding hydrogens is 388 g/mol. The van der Waals surface area contributed by atoms with E-state index in [9.17, 15) is 0 Å². The molecule has 8 heteroatoms. The number of rotatable bonds is 10. The van der Waals surface area contributed by atoms with E-state index in [2.05, 4.69) is 57.9 Å². The fraction of sp³-hybridized carbons (Fsp3) is 0.348. The molecule has 0 aromatic heterocycles. The highest BCUT2D eigenvalue weighted by atomic mass is 15.4. The van der Waals surface area contributed by atoms with E-state index in [1.807, 2.05) is 50.9 Å². The summed E-state index contributed by atoms with van der Waals surface area (Å²) in [6.45, 7) is 3.59. The first kappa shape index (κ1) is 22.3. The fourth-order valence-corrected chi connectivity index (χ4v) is 3.72. The maximum absolute atomic E-state index is 6.14. The van der Waals surface area contributed by atoms with Crippen molar-refractivity contribution < 1.29 is 4.48 Å². The molecule has 2 aromatic rings. The summed E-state index contributed by atoms with van der Waals surface area (Å²) in [4.78, 5) is 8.85. The molecule has 0 unspecified atom stereocenters. The summed E-state index contributed by atoms with van der Waals surface area (Å²) in [5.41, 5.74) is 17.9. The number of hydrogen-bond acceptors (Lipinski definition) is 7. The Bertz CT molecular complexity index is 875. The second-order valence-electron chi connectivity index (χ2n) is 8.00. The van der Waals surface area contributed by atoms with Gasteiger partial charge >= 0.3 is 0 Å². The van der Waals surface area contributed by atoms with Crippen molar-refractivity contribution in [3.8, 4) is 0 Å². The fourth-order valence-electron chi connectivity index (χ4n) is 3.72. The standard InChI is InChI=1S/C23H35N8/c1-26-22-7-5-18(15-20(22)24)29(3)10-13-31(12-9-28-17-31)14-11-30(4)19-6-8-23(27-2)21(25)16-19/h5-9,12,15-17,26-27H,10-11,13-14,24-25H2,1-4H3/q+1. The number of quaternary nitrogens is 1.